The van der Waals surface area contributed by atoms with Crippen LogP contribution in [0.2, 0.25) is 0 Å². The summed E-state index contributed by atoms with van der Waals surface area (Å²) < 4.78 is 6.61. The third-order valence-electron chi connectivity index (χ3n) is 5.90. The highest BCUT2D eigenvalue weighted by atomic mass is 32.1. The van der Waals surface area contributed by atoms with Gasteiger partial charge in [-0.15, -0.1) is 11.3 Å². The van der Waals surface area contributed by atoms with Gasteiger partial charge in [0.2, 0.25) is 0 Å². The number of benzene rings is 2. The Hall–Kier alpha value is -3.75. The standard InChI is InChI=1S/C27H28N4O3S/c1-16-5-6-18(13-28)9-23(16)26(32)30-17(2)19-10-20(22-14-29-31(3)15-22)12-21(11-19)24-7-8-25(35-24)27(33)34-4/h5-12,14-15,17H,13,28H2,1-4H3,(H,30,32). The van der Waals surface area contributed by atoms with Gasteiger partial charge in [0.15, 0.2) is 0 Å². The summed E-state index contributed by atoms with van der Waals surface area (Å²) in [4.78, 5) is 26.6. The molecule has 0 saturated heterocycles. The van der Waals surface area contributed by atoms with Gasteiger partial charge in [0.1, 0.15) is 4.88 Å². The van der Waals surface area contributed by atoms with Crippen molar-refractivity contribution in [3.63, 3.8) is 0 Å². The second kappa shape index (κ2) is 10.2. The number of rotatable bonds is 7. The summed E-state index contributed by atoms with van der Waals surface area (Å²) in [6, 6.07) is 15.3. The van der Waals surface area contributed by atoms with E-state index in [1.54, 1.807) is 10.7 Å². The maximum absolute atomic E-state index is 13.1. The van der Waals surface area contributed by atoms with Gasteiger partial charge in [-0.2, -0.15) is 5.10 Å². The van der Waals surface area contributed by atoms with Crippen LogP contribution in [0.15, 0.2) is 60.9 Å². The Labute approximate surface area is 208 Å². The number of hydrogen-bond donors (Lipinski definition) is 2. The van der Waals surface area contributed by atoms with Crippen LogP contribution >= 0.6 is 11.3 Å². The van der Waals surface area contributed by atoms with Gasteiger partial charge < -0.3 is 15.8 Å². The van der Waals surface area contributed by atoms with Crippen molar-refractivity contribution in [2.24, 2.45) is 12.8 Å². The van der Waals surface area contributed by atoms with Crippen LogP contribution in [0.4, 0.5) is 0 Å². The minimum Gasteiger partial charge on any atom is -0.465 e. The number of aromatic nitrogens is 2. The van der Waals surface area contributed by atoms with E-state index in [4.69, 9.17) is 10.5 Å². The molecule has 0 aliphatic heterocycles. The topological polar surface area (TPSA) is 99.2 Å². The number of nitrogens with zero attached hydrogens (tertiary/aromatic N) is 2. The fourth-order valence-electron chi connectivity index (χ4n) is 3.88. The highest BCUT2D eigenvalue weighted by molar-refractivity contribution is 7.17. The van der Waals surface area contributed by atoms with Crippen molar-refractivity contribution in [2.75, 3.05) is 7.11 Å². The van der Waals surface area contributed by atoms with E-state index in [-0.39, 0.29) is 17.9 Å². The molecule has 0 bridgehead atoms. The number of methoxy groups -OCH3 is 1. The Bertz CT molecular complexity index is 1390. The summed E-state index contributed by atoms with van der Waals surface area (Å²) in [5, 5.41) is 7.43. The SMILES string of the molecule is COC(=O)c1ccc(-c2cc(-c3cnn(C)c3)cc(C(C)NC(=O)c3cc(CN)ccc3C)c2)s1. The van der Waals surface area contributed by atoms with E-state index in [1.807, 2.05) is 63.6 Å². The molecule has 0 aliphatic carbocycles. The minimum atomic E-state index is -0.361. The van der Waals surface area contributed by atoms with E-state index >= 15 is 0 Å². The lowest BCUT2D eigenvalue weighted by atomic mass is 9.97. The number of aryl methyl sites for hydroxylation is 2. The number of amides is 1. The third-order valence-corrected chi connectivity index (χ3v) is 7.01. The predicted octanol–water partition coefficient (Wildman–Crippen LogP) is 4.86. The summed E-state index contributed by atoms with van der Waals surface area (Å²) in [5.74, 6) is -0.511. The van der Waals surface area contributed by atoms with Crippen LogP contribution < -0.4 is 11.1 Å². The molecule has 0 fully saturated rings. The van der Waals surface area contributed by atoms with Crippen molar-refractivity contribution < 1.29 is 14.3 Å². The van der Waals surface area contributed by atoms with Gasteiger partial charge in [0, 0.05) is 35.8 Å². The van der Waals surface area contributed by atoms with E-state index in [2.05, 4.69) is 22.5 Å². The van der Waals surface area contributed by atoms with Gasteiger partial charge in [-0.05, 0) is 78.1 Å². The molecule has 1 amide bonds. The molecular formula is C27H28N4O3S. The zero-order valence-electron chi connectivity index (χ0n) is 20.2. The number of nitrogens with one attached hydrogen (secondary N) is 1. The first-order valence-corrected chi connectivity index (χ1v) is 12.0. The second-order valence-corrected chi connectivity index (χ2v) is 9.53. The molecule has 1 atom stereocenters. The minimum absolute atomic E-state index is 0.150. The molecule has 7 nitrogen and oxygen atoms in total. The number of carbonyl (C=O) groups excluding carboxylic acids is 2. The maximum Gasteiger partial charge on any atom is 0.348 e. The summed E-state index contributed by atoms with van der Waals surface area (Å²) >= 11 is 1.37. The first-order chi connectivity index (χ1) is 16.8. The average molecular weight is 489 g/mol. The molecule has 4 rings (SSSR count). The molecule has 4 aromatic rings. The lowest BCUT2D eigenvalue weighted by Gasteiger charge is -2.18. The van der Waals surface area contributed by atoms with Gasteiger partial charge in [0.05, 0.1) is 19.3 Å². The van der Waals surface area contributed by atoms with E-state index < -0.39 is 0 Å². The van der Waals surface area contributed by atoms with E-state index in [0.29, 0.717) is 17.0 Å². The molecule has 8 heteroatoms. The summed E-state index contributed by atoms with van der Waals surface area (Å²) in [5.41, 5.74) is 12.0. The highest BCUT2D eigenvalue weighted by Gasteiger charge is 2.18. The molecule has 0 radical (unpaired) electrons. The van der Waals surface area contributed by atoms with Gasteiger partial charge in [-0.25, -0.2) is 4.79 Å². The smallest absolute Gasteiger partial charge is 0.348 e. The van der Waals surface area contributed by atoms with Crippen molar-refractivity contribution >= 4 is 23.2 Å². The molecule has 2 aromatic heterocycles. The molecule has 180 valence electrons. The average Bonchev–Trinajstić information content (AvgIpc) is 3.53. The molecule has 1 unspecified atom stereocenters. The molecule has 2 heterocycles. The van der Waals surface area contributed by atoms with Crippen LogP contribution in [0, 0.1) is 6.92 Å². The zero-order valence-corrected chi connectivity index (χ0v) is 21.0. The van der Waals surface area contributed by atoms with Gasteiger partial charge in [0.25, 0.3) is 5.91 Å². The van der Waals surface area contributed by atoms with Crippen molar-refractivity contribution in [1.29, 1.82) is 0 Å². The normalized spacial score (nSPS) is 11.8. The van der Waals surface area contributed by atoms with Gasteiger partial charge >= 0.3 is 5.97 Å². The number of nitrogens with two attached hydrogens (primary N) is 1. The second-order valence-electron chi connectivity index (χ2n) is 8.45. The Morgan fingerprint density at radius 1 is 1.11 bits per heavy atom. The number of ether oxygens (including phenoxy) is 1. The van der Waals surface area contributed by atoms with Crippen LogP contribution in [0.5, 0.6) is 0 Å². The van der Waals surface area contributed by atoms with Gasteiger partial charge in [-0.1, -0.05) is 12.1 Å². The van der Waals surface area contributed by atoms with Crippen LogP contribution in [-0.4, -0.2) is 28.8 Å². The number of esters is 1. The molecule has 0 spiro atoms. The number of hydrogen-bond acceptors (Lipinski definition) is 6. The van der Waals surface area contributed by atoms with Crippen LogP contribution in [0.3, 0.4) is 0 Å². The van der Waals surface area contributed by atoms with Gasteiger partial charge in [-0.3, -0.25) is 9.48 Å². The number of thiophene rings is 1. The Balaban J connectivity index is 1.70. The summed E-state index contributed by atoms with van der Waals surface area (Å²) in [7, 11) is 3.25. The van der Waals surface area contributed by atoms with Crippen molar-refractivity contribution in [2.45, 2.75) is 26.4 Å². The predicted molar refractivity (Wildman–Crippen MR) is 138 cm³/mol. The van der Waals surface area contributed by atoms with Crippen LogP contribution in [-0.2, 0) is 18.3 Å². The molecule has 0 aliphatic rings. The molecule has 0 saturated carbocycles. The largest absolute Gasteiger partial charge is 0.465 e. The number of carbonyl (C=O) groups is 2. The highest BCUT2D eigenvalue weighted by Crippen LogP contribution is 2.34. The summed E-state index contributed by atoms with van der Waals surface area (Å²) in [6.07, 6.45) is 3.75. The first kappa shape index (κ1) is 24.4. The molecule has 3 N–H and O–H groups in total. The lowest BCUT2D eigenvalue weighted by molar-refractivity contribution is 0.0606. The Kier molecular flexibility index (Phi) is 7.14. The van der Waals surface area contributed by atoms with E-state index in [9.17, 15) is 9.59 Å². The monoisotopic (exact) mass is 488 g/mol. The van der Waals surface area contributed by atoms with Crippen molar-refractivity contribution in [1.82, 2.24) is 15.1 Å². The first-order valence-electron chi connectivity index (χ1n) is 11.2. The molecule has 2 aromatic carbocycles. The Morgan fingerprint density at radius 2 is 1.89 bits per heavy atom. The zero-order chi connectivity index (χ0) is 25.1. The maximum atomic E-state index is 13.1. The Morgan fingerprint density at radius 3 is 2.57 bits per heavy atom. The molecular weight excluding hydrogens is 460 g/mol. The van der Waals surface area contributed by atoms with E-state index in [0.717, 1.165) is 38.3 Å². The third kappa shape index (κ3) is 5.34. The lowest BCUT2D eigenvalue weighted by Crippen LogP contribution is -2.27. The summed E-state index contributed by atoms with van der Waals surface area (Å²) in [6.45, 7) is 4.25. The van der Waals surface area contributed by atoms with Crippen LogP contribution in [0.25, 0.3) is 21.6 Å². The van der Waals surface area contributed by atoms with Crippen LogP contribution in [0.1, 0.15) is 49.7 Å². The van der Waals surface area contributed by atoms with Crippen molar-refractivity contribution in [3.05, 3.63) is 88.1 Å². The fourth-order valence-corrected chi connectivity index (χ4v) is 4.79. The van der Waals surface area contributed by atoms with E-state index in [1.165, 1.54) is 18.4 Å². The van der Waals surface area contributed by atoms with Crippen molar-refractivity contribution in [3.8, 4) is 21.6 Å². The molecule has 35 heavy (non-hydrogen) atoms. The quantitative estimate of drug-likeness (QED) is 0.362. The fraction of sp³-hybridized carbons (Fsp3) is 0.222.